The van der Waals surface area contributed by atoms with Crippen LogP contribution in [0.5, 0.6) is 0 Å². The average Bonchev–Trinajstić information content (AvgIpc) is 2.86. The maximum absolute atomic E-state index is 3.36. The largest absolute Gasteiger partial charge is 0.0834 e. The lowest BCUT2D eigenvalue weighted by molar-refractivity contribution is 0.599. The third-order valence-electron chi connectivity index (χ3n) is 6.37. The van der Waals surface area contributed by atoms with Crippen LogP contribution in [-0.4, -0.2) is 0 Å². The van der Waals surface area contributed by atoms with Gasteiger partial charge in [-0.25, -0.2) is 0 Å². The average molecular weight is 526 g/mol. The molecule has 0 nitrogen and oxygen atoms in total. The van der Waals surface area contributed by atoms with Crippen LogP contribution in [0.2, 0.25) is 0 Å². The zero-order valence-electron chi connectivity index (χ0n) is 21.4. The first kappa shape index (κ1) is 26.7. The van der Waals surface area contributed by atoms with Gasteiger partial charge in [0.05, 0.1) is 0 Å². The summed E-state index contributed by atoms with van der Waals surface area (Å²) in [4.78, 5) is 0. The van der Waals surface area contributed by atoms with E-state index in [-0.39, 0.29) is 5.41 Å². The summed E-state index contributed by atoms with van der Waals surface area (Å²) >= 11 is 3.36. The summed E-state index contributed by atoms with van der Waals surface area (Å²) in [7, 11) is 0. The number of benzene rings is 3. The topological polar surface area (TPSA) is 0 Å². The molecule has 2 unspecified atom stereocenters. The first-order valence-electron chi connectivity index (χ1n) is 12.4. The van der Waals surface area contributed by atoms with Crippen molar-refractivity contribution in [2.75, 3.05) is 0 Å². The molecule has 5 rings (SSSR count). The SMILES string of the molecule is CC1C=CC(c2ccccc2)=CC1.Cc1ccc(C2(C)C=CC=CC2)cc1.Cc1cccc(Br)c1. The van der Waals surface area contributed by atoms with Gasteiger partial charge in [0, 0.05) is 9.89 Å². The molecule has 3 aromatic carbocycles. The third-order valence-corrected chi connectivity index (χ3v) is 6.86. The van der Waals surface area contributed by atoms with E-state index in [2.05, 4.69) is 153 Å². The summed E-state index contributed by atoms with van der Waals surface area (Å²) in [6.45, 7) is 8.74. The van der Waals surface area contributed by atoms with Gasteiger partial charge >= 0.3 is 0 Å². The number of hydrogen-bond acceptors (Lipinski definition) is 0. The van der Waals surface area contributed by atoms with Crippen molar-refractivity contribution < 1.29 is 0 Å². The first-order chi connectivity index (χ1) is 16.9. The minimum atomic E-state index is 0.197. The Balaban J connectivity index is 0.000000152. The molecule has 0 spiro atoms. The second-order valence-corrected chi connectivity index (χ2v) is 10.6. The Labute approximate surface area is 220 Å². The second-order valence-electron chi connectivity index (χ2n) is 9.67. The van der Waals surface area contributed by atoms with Crippen LogP contribution in [0, 0.1) is 19.8 Å². The van der Waals surface area contributed by atoms with Gasteiger partial charge in [-0.1, -0.05) is 150 Å². The van der Waals surface area contributed by atoms with Crippen LogP contribution in [0.1, 0.15) is 48.9 Å². The number of halogens is 1. The summed E-state index contributed by atoms with van der Waals surface area (Å²) in [6, 6.07) is 27.6. The van der Waals surface area contributed by atoms with Crippen molar-refractivity contribution >= 4 is 21.5 Å². The lowest BCUT2D eigenvalue weighted by atomic mass is 9.77. The molecule has 3 aromatic rings. The molecule has 2 aliphatic carbocycles. The molecule has 0 heterocycles. The van der Waals surface area contributed by atoms with Gasteiger partial charge in [-0.2, -0.15) is 0 Å². The van der Waals surface area contributed by atoms with E-state index in [9.17, 15) is 0 Å². The van der Waals surface area contributed by atoms with Crippen molar-refractivity contribution in [1.29, 1.82) is 0 Å². The molecular weight excluding hydrogens is 488 g/mol. The predicted molar refractivity (Wildman–Crippen MR) is 158 cm³/mol. The molecule has 35 heavy (non-hydrogen) atoms. The highest BCUT2D eigenvalue weighted by atomic mass is 79.9. The zero-order chi connectivity index (χ0) is 25.1. The van der Waals surface area contributed by atoms with Crippen molar-refractivity contribution in [3.63, 3.8) is 0 Å². The highest BCUT2D eigenvalue weighted by Crippen LogP contribution is 2.32. The van der Waals surface area contributed by atoms with Gasteiger partial charge in [-0.3, -0.25) is 0 Å². The second kappa shape index (κ2) is 13.3. The molecule has 0 N–H and O–H groups in total. The Morgan fingerprint density at radius 1 is 0.829 bits per heavy atom. The summed E-state index contributed by atoms with van der Waals surface area (Å²) in [5.41, 5.74) is 6.91. The maximum atomic E-state index is 3.36. The van der Waals surface area contributed by atoms with Gasteiger partial charge in [0.15, 0.2) is 0 Å². The van der Waals surface area contributed by atoms with Crippen molar-refractivity contribution in [2.45, 2.75) is 46.0 Å². The molecule has 2 aliphatic rings. The minimum Gasteiger partial charge on any atom is -0.0834 e. The Morgan fingerprint density at radius 2 is 1.57 bits per heavy atom. The fourth-order valence-electron chi connectivity index (χ4n) is 4.05. The predicted octanol–water partition coefficient (Wildman–Crippen LogP) is 10.2. The third kappa shape index (κ3) is 8.67. The van der Waals surface area contributed by atoms with Crippen molar-refractivity contribution in [2.24, 2.45) is 5.92 Å². The van der Waals surface area contributed by atoms with Gasteiger partial charge in [0.25, 0.3) is 0 Å². The van der Waals surface area contributed by atoms with Crippen LogP contribution in [0.4, 0.5) is 0 Å². The lowest BCUT2D eigenvalue weighted by Gasteiger charge is -2.27. The Kier molecular flexibility index (Phi) is 10.1. The van der Waals surface area contributed by atoms with Crippen LogP contribution in [0.3, 0.4) is 0 Å². The normalized spacial score (nSPS) is 20.1. The zero-order valence-corrected chi connectivity index (χ0v) is 23.0. The van der Waals surface area contributed by atoms with Crippen LogP contribution < -0.4 is 0 Å². The first-order valence-corrected chi connectivity index (χ1v) is 13.2. The number of allylic oxidation sites excluding steroid dienone is 8. The van der Waals surface area contributed by atoms with Crippen molar-refractivity contribution in [3.8, 4) is 0 Å². The standard InChI is InChI=1S/C14H16.C13H14.C7H7Br/c1-12-6-8-13(9-7-12)14(2)10-4-3-5-11-14;1-11-7-9-13(10-8-11)12-5-3-2-4-6-12;1-6-3-2-4-7(8)5-6/h3-10H,11H2,1-2H3;2-7,9-11H,8H2,1H3;2-5H,1H3. The van der Waals surface area contributed by atoms with Crippen LogP contribution in [0.25, 0.3) is 5.57 Å². The van der Waals surface area contributed by atoms with Crippen LogP contribution in [0.15, 0.2) is 126 Å². The molecule has 0 fully saturated rings. The number of rotatable bonds is 2. The molecule has 0 aromatic heterocycles. The van der Waals surface area contributed by atoms with Crippen molar-refractivity contribution in [1.82, 2.24) is 0 Å². The highest BCUT2D eigenvalue weighted by molar-refractivity contribution is 9.10. The van der Waals surface area contributed by atoms with Crippen LogP contribution >= 0.6 is 15.9 Å². The van der Waals surface area contributed by atoms with E-state index < -0.39 is 0 Å². The van der Waals surface area contributed by atoms with E-state index in [0.717, 1.165) is 10.9 Å². The summed E-state index contributed by atoms with van der Waals surface area (Å²) in [6.07, 6.45) is 17.9. The molecule has 0 aliphatic heterocycles. The lowest BCUT2D eigenvalue weighted by Crippen LogP contribution is -2.19. The molecule has 0 amide bonds. The van der Waals surface area contributed by atoms with Gasteiger partial charge < -0.3 is 0 Å². The van der Waals surface area contributed by atoms with E-state index in [0.29, 0.717) is 5.92 Å². The molecule has 180 valence electrons. The highest BCUT2D eigenvalue weighted by Gasteiger charge is 2.22. The van der Waals surface area contributed by atoms with Gasteiger partial charge in [0.1, 0.15) is 0 Å². The summed E-state index contributed by atoms with van der Waals surface area (Å²) < 4.78 is 1.15. The number of hydrogen-bond donors (Lipinski definition) is 0. The fourth-order valence-corrected chi connectivity index (χ4v) is 4.57. The molecule has 0 radical (unpaired) electrons. The summed E-state index contributed by atoms with van der Waals surface area (Å²) in [5.74, 6) is 0.701. The molecule has 0 saturated carbocycles. The van der Waals surface area contributed by atoms with E-state index in [1.807, 2.05) is 12.1 Å². The van der Waals surface area contributed by atoms with E-state index in [1.54, 1.807) is 0 Å². The molecule has 1 heteroatoms. The molecule has 0 saturated heterocycles. The van der Waals surface area contributed by atoms with Crippen molar-refractivity contribution in [3.05, 3.63) is 148 Å². The molecular formula is C34H37Br. The smallest absolute Gasteiger partial charge is 0.0177 e. The maximum Gasteiger partial charge on any atom is 0.0177 e. The Morgan fingerprint density at radius 3 is 2.11 bits per heavy atom. The number of aryl methyl sites for hydroxylation is 2. The molecule has 2 atom stereocenters. The van der Waals surface area contributed by atoms with Gasteiger partial charge in [-0.05, 0) is 61.4 Å². The Bertz CT molecular complexity index is 1160. The van der Waals surface area contributed by atoms with E-state index in [4.69, 9.17) is 0 Å². The fraction of sp³-hybridized carbons (Fsp3) is 0.235. The van der Waals surface area contributed by atoms with Crippen LogP contribution in [-0.2, 0) is 5.41 Å². The van der Waals surface area contributed by atoms with E-state index in [1.165, 1.54) is 34.2 Å². The summed E-state index contributed by atoms with van der Waals surface area (Å²) in [5, 5.41) is 0. The van der Waals surface area contributed by atoms with Gasteiger partial charge in [0.2, 0.25) is 0 Å². The Hall–Kier alpha value is -2.90. The molecule has 0 bridgehead atoms. The quantitative estimate of drug-likeness (QED) is 0.312. The van der Waals surface area contributed by atoms with E-state index >= 15 is 0 Å². The monoisotopic (exact) mass is 524 g/mol. The minimum absolute atomic E-state index is 0.197. The van der Waals surface area contributed by atoms with Gasteiger partial charge in [-0.15, -0.1) is 0 Å².